The fraction of sp³-hybridized carbons (Fsp3) is 0.500. The van der Waals surface area contributed by atoms with Gasteiger partial charge >= 0.3 is 6.09 Å². The fourth-order valence-corrected chi connectivity index (χ4v) is 2.59. The summed E-state index contributed by atoms with van der Waals surface area (Å²) < 4.78 is 5.09. The molecular formula is C18H24N2O4. The van der Waals surface area contributed by atoms with E-state index in [2.05, 4.69) is 10.6 Å². The van der Waals surface area contributed by atoms with Crippen molar-refractivity contribution in [3.8, 4) is 0 Å². The highest BCUT2D eigenvalue weighted by atomic mass is 16.5. The molecule has 1 aromatic carbocycles. The first-order chi connectivity index (χ1) is 11.6. The molecule has 1 aromatic rings. The molecule has 1 amide bonds. The molecule has 24 heavy (non-hydrogen) atoms. The van der Waals surface area contributed by atoms with Crippen LogP contribution >= 0.6 is 0 Å². The first-order valence-corrected chi connectivity index (χ1v) is 8.32. The summed E-state index contributed by atoms with van der Waals surface area (Å²) in [5.74, 6) is -0.154. The number of rotatable bonds is 8. The number of Topliss-reactive ketones (excluding diaryl/α,β-unsaturated/α-hetero) is 2. The number of hydrogen-bond acceptors (Lipinski definition) is 5. The van der Waals surface area contributed by atoms with Crippen molar-refractivity contribution in [2.45, 2.75) is 38.8 Å². The Kier molecular flexibility index (Phi) is 6.93. The molecule has 6 heteroatoms. The molecule has 0 aromatic heterocycles. The summed E-state index contributed by atoms with van der Waals surface area (Å²) in [5, 5.41) is 5.62. The van der Waals surface area contributed by atoms with Gasteiger partial charge in [0.05, 0.1) is 0 Å². The molecule has 0 radical (unpaired) electrons. The van der Waals surface area contributed by atoms with Gasteiger partial charge in [-0.3, -0.25) is 9.59 Å². The number of unbranched alkanes of at least 4 members (excludes halogenated alkanes) is 1. The summed E-state index contributed by atoms with van der Waals surface area (Å²) in [7, 11) is 0. The van der Waals surface area contributed by atoms with E-state index in [1.54, 1.807) is 0 Å². The number of carbonyl (C=O) groups excluding carboxylic acids is 3. The van der Waals surface area contributed by atoms with Crippen molar-refractivity contribution in [1.29, 1.82) is 0 Å². The van der Waals surface area contributed by atoms with Crippen LogP contribution in [0.4, 0.5) is 4.79 Å². The minimum atomic E-state index is -0.635. The van der Waals surface area contributed by atoms with E-state index in [1.165, 1.54) is 0 Å². The van der Waals surface area contributed by atoms with E-state index in [0.29, 0.717) is 32.4 Å². The quantitative estimate of drug-likeness (QED) is 0.560. The lowest BCUT2D eigenvalue weighted by atomic mass is 10.00. The van der Waals surface area contributed by atoms with Gasteiger partial charge in [0, 0.05) is 25.4 Å². The van der Waals surface area contributed by atoms with Crippen molar-refractivity contribution < 1.29 is 19.1 Å². The highest BCUT2D eigenvalue weighted by Gasteiger charge is 2.34. The Morgan fingerprint density at radius 1 is 1.25 bits per heavy atom. The van der Waals surface area contributed by atoms with Gasteiger partial charge in [0.15, 0.2) is 11.6 Å². The molecule has 0 bridgehead atoms. The molecule has 130 valence electrons. The van der Waals surface area contributed by atoms with Crippen molar-refractivity contribution in [1.82, 2.24) is 10.6 Å². The predicted octanol–water partition coefficient (Wildman–Crippen LogP) is 1.83. The Bertz CT molecular complexity index is 574. The Morgan fingerprint density at radius 3 is 2.67 bits per heavy atom. The van der Waals surface area contributed by atoms with Gasteiger partial charge in [-0.2, -0.15) is 0 Å². The molecule has 1 heterocycles. The third-order valence-electron chi connectivity index (χ3n) is 4.05. The maximum absolute atomic E-state index is 12.0. The number of ether oxygens (including phenoxy) is 1. The molecular weight excluding hydrogens is 308 g/mol. The predicted molar refractivity (Wildman–Crippen MR) is 89.4 cm³/mol. The van der Waals surface area contributed by atoms with Gasteiger partial charge in [0.25, 0.3) is 0 Å². The van der Waals surface area contributed by atoms with Crippen molar-refractivity contribution in [2.24, 2.45) is 5.92 Å². The standard InChI is InChI=1S/C18H24N2O4/c1-13-11-20-16(17(13)22)15(21)9-5-6-10-19-18(23)24-12-14-7-3-2-4-8-14/h2-4,7-8,13,16,20H,5-6,9-12H2,1H3,(H,19,23)/t13?,16-/m0/s1. The summed E-state index contributed by atoms with van der Waals surface area (Å²) in [6, 6.07) is 8.82. The molecule has 0 aliphatic carbocycles. The third-order valence-corrected chi connectivity index (χ3v) is 4.05. The number of ketones is 2. The largest absolute Gasteiger partial charge is 0.445 e. The molecule has 1 fully saturated rings. The van der Waals surface area contributed by atoms with Crippen LogP contribution in [0.3, 0.4) is 0 Å². The van der Waals surface area contributed by atoms with Crippen molar-refractivity contribution in [3.05, 3.63) is 35.9 Å². The van der Waals surface area contributed by atoms with Crippen LogP contribution in [0.25, 0.3) is 0 Å². The summed E-state index contributed by atoms with van der Waals surface area (Å²) >= 11 is 0. The number of carbonyl (C=O) groups is 3. The summed E-state index contributed by atoms with van der Waals surface area (Å²) in [6.45, 7) is 3.08. The minimum Gasteiger partial charge on any atom is -0.445 e. The smallest absolute Gasteiger partial charge is 0.407 e. The van der Waals surface area contributed by atoms with E-state index in [9.17, 15) is 14.4 Å². The normalized spacial score (nSPS) is 20.0. The lowest BCUT2D eigenvalue weighted by Crippen LogP contribution is -2.36. The zero-order valence-corrected chi connectivity index (χ0v) is 13.9. The summed E-state index contributed by atoms with van der Waals surface area (Å²) in [4.78, 5) is 35.3. The number of alkyl carbamates (subject to hydrolysis) is 1. The zero-order valence-electron chi connectivity index (χ0n) is 13.9. The van der Waals surface area contributed by atoms with Gasteiger partial charge in [-0.15, -0.1) is 0 Å². The topological polar surface area (TPSA) is 84.5 Å². The first kappa shape index (κ1) is 18.1. The SMILES string of the molecule is CC1CN[C@@H](C(=O)CCCCNC(=O)OCc2ccccc2)C1=O. The molecule has 1 aliphatic rings. The van der Waals surface area contributed by atoms with Crippen LogP contribution in [0.15, 0.2) is 30.3 Å². The van der Waals surface area contributed by atoms with E-state index in [4.69, 9.17) is 4.74 Å². The first-order valence-electron chi connectivity index (χ1n) is 8.32. The van der Waals surface area contributed by atoms with Gasteiger partial charge in [0.1, 0.15) is 12.6 Å². The molecule has 2 rings (SSSR count). The van der Waals surface area contributed by atoms with Crippen molar-refractivity contribution in [2.75, 3.05) is 13.1 Å². The van der Waals surface area contributed by atoms with E-state index < -0.39 is 12.1 Å². The van der Waals surface area contributed by atoms with E-state index >= 15 is 0 Å². The molecule has 2 N–H and O–H groups in total. The van der Waals surface area contributed by atoms with Crippen molar-refractivity contribution >= 4 is 17.7 Å². The van der Waals surface area contributed by atoms with Crippen LogP contribution < -0.4 is 10.6 Å². The average molecular weight is 332 g/mol. The van der Waals surface area contributed by atoms with Gasteiger partial charge in [-0.25, -0.2) is 4.79 Å². The molecule has 0 spiro atoms. The van der Waals surface area contributed by atoms with E-state index in [0.717, 1.165) is 5.56 Å². The molecule has 2 atom stereocenters. The van der Waals surface area contributed by atoms with Crippen LogP contribution in [-0.2, 0) is 20.9 Å². The maximum atomic E-state index is 12.0. The van der Waals surface area contributed by atoms with E-state index in [1.807, 2.05) is 37.3 Å². The Morgan fingerprint density at radius 2 is 2.00 bits per heavy atom. The maximum Gasteiger partial charge on any atom is 0.407 e. The average Bonchev–Trinajstić information content (AvgIpc) is 2.93. The fourth-order valence-electron chi connectivity index (χ4n) is 2.59. The number of hydrogen-bond donors (Lipinski definition) is 2. The molecule has 0 saturated carbocycles. The minimum absolute atomic E-state index is 0.0115. The van der Waals surface area contributed by atoms with Crippen LogP contribution in [0, 0.1) is 5.92 Å². The third kappa shape index (κ3) is 5.45. The Balaban J connectivity index is 1.54. The van der Waals surface area contributed by atoms with Crippen LogP contribution in [0.5, 0.6) is 0 Å². The van der Waals surface area contributed by atoms with Gasteiger partial charge in [-0.05, 0) is 18.4 Å². The van der Waals surface area contributed by atoms with Gasteiger partial charge < -0.3 is 15.4 Å². The number of nitrogens with one attached hydrogen (secondary N) is 2. The van der Waals surface area contributed by atoms with Gasteiger partial charge in [0.2, 0.25) is 0 Å². The second-order valence-corrected chi connectivity index (χ2v) is 6.06. The zero-order chi connectivity index (χ0) is 17.4. The van der Waals surface area contributed by atoms with E-state index in [-0.39, 0.29) is 24.1 Å². The number of benzene rings is 1. The van der Waals surface area contributed by atoms with Crippen LogP contribution in [0.1, 0.15) is 31.7 Å². The monoisotopic (exact) mass is 332 g/mol. The highest BCUT2D eigenvalue weighted by Crippen LogP contribution is 2.12. The number of amides is 1. The van der Waals surface area contributed by atoms with Crippen LogP contribution in [-0.4, -0.2) is 36.8 Å². The Labute approximate surface area is 142 Å². The second-order valence-electron chi connectivity index (χ2n) is 6.06. The van der Waals surface area contributed by atoms with Crippen LogP contribution in [0.2, 0.25) is 0 Å². The second kappa shape index (κ2) is 9.17. The van der Waals surface area contributed by atoms with Gasteiger partial charge in [-0.1, -0.05) is 37.3 Å². The lowest BCUT2D eigenvalue weighted by molar-refractivity contribution is -0.129. The molecule has 1 saturated heterocycles. The highest BCUT2D eigenvalue weighted by molar-refractivity contribution is 6.08. The molecule has 1 unspecified atom stereocenters. The van der Waals surface area contributed by atoms with Crippen molar-refractivity contribution in [3.63, 3.8) is 0 Å². The summed E-state index contributed by atoms with van der Waals surface area (Å²) in [5.41, 5.74) is 0.932. The lowest BCUT2D eigenvalue weighted by Gasteiger charge is -2.09. The molecule has 6 nitrogen and oxygen atoms in total. The Hall–Kier alpha value is -2.21. The summed E-state index contributed by atoms with van der Waals surface area (Å²) in [6.07, 6.45) is 1.18. The molecule has 1 aliphatic heterocycles.